The van der Waals surface area contributed by atoms with Crippen molar-refractivity contribution in [1.82, 2.24) is 10.2 Å². The summed E-state index contributed by atoms with van der Waals surface area (Å²) in [5.41, 5.74) is 0. The van der Waals surface area contributed by atoms with Gasteiger partial charge in [-0.15, -0.1) is 0 Å². The summed E-state index contributed by atoms with van der Waals surface area (Å²) in [6.07, 6.45) is 6.62. The molecule has 3 unspecified atom stereocenters. The molecular weight excluding hydrogens is 208 g/mol. The second kappa shape index (κ2) is 8.10. The molecule has 1 rings (SSSR count). The third kappa shape index (κ3) is 5.39. The van der Waals surface area contributed by atoms with Crippen molar-refractivity contribution in [2.24, 2.45) is 5.92 Å². The second-order valence-corrected chi connectivity index (χ2v) is 5.93. The summed E-state index contributed by atoms with van der Waals surface area (Å²) < 4.78 is 0. The highest BCUT2D eigenvalue weighted by molar-refractivity contribution is 4.81. The van der Waals surface area contributed by atoms with E-state index in [1.165, 1.54) is 51.7 Å². The van der Waals surface area contributed by atoms with Crippen molar-refractivity contribution in [2.75, 3.05) is 19.6 Å². The topological polar surface area (TPSA) is 15.3 Å². The molecule has 0 aromatic carbocycles. The standard InChI is InChI=1S/C15H32N2/c1-5-7-13(3)11-17-12-15(8-6-2)16-10-9-14(17)4/h13-16H,5-12H2,1-4H3. The summed E-state index contributed by atoms with van der Waals surface area (Å²) in [4.78, 5) is 2.72. The zero-order valence-corrected chi connectivity index (χ0v) is 12.3. The van der Waals surface area contributed by atoms with Gasteiger partial charge in [-0.25, -0.2) is 0 Å². The molecule has 1 heterocycles. The first-order valence-corrected chi connectivity index (χ1v) is 7.64. The van der Waals surface area contributed by atoms with Crippen LogP contribution in [-0.2, 0) is 0 Å². The van der Waals surface area contributed by atoms with Crippen LogP contribution in [0.5, 0.6) is 0 Å². The van der Waals surface area contributed by atoms with E-state index in [1.807, 2.05) is 0 Å². The van der Waals surface area contributed by atoms with Gasteiger partial charge in [0.1, 0.15) is 0 Å². The van der Waals surface area contributed by atoms with Gasteiger partial charge in [-0.2, -0.15) is 0 Å². The highest BCUT2D eigenvalue weighted by Gasteiger charge is 2.23. The lowest BCUT2D eigenvalue weighted by Crippen LogP contribution is -2.42. The third-order valence-electron chi connectivity index (χ3n) is 4.04. The van der Waals surface area contributed by atoms with Crippen LogP contribution in [-0.4, -0.2) is 36.6 Å². The fraction of sp³-hybridized carbons (Fsp3) is 1.00. The molecular formula is C15H32N2. The lowest BCUT2D eigenvalue weighted by Gasteiger charge is -2.31. The van der Waals surface area contributed by atoms with E-state index >= 15 is 0 Å². The van der Waals surface area contributed by atoms with Crippen LogP contribution in [0.25, 0.3) is 0 Å². The van der Waals surface area contributed by atoms with E-state index in [-0.39, 0.29) is 0 Å². The van der Waals surface area contributed by atoms with Crippen LogP contribution in [0.4, 0.5) is 0 Å². The van der Waals surface area contributed by atoms with Crippen LogP contribution in [0.3, 0.4) is 0 Å². The predicted octanol–water partition coefficient (Wildman–Crippen LogP) is 3.28. The average molecular weight is 240 g/mol. The van der Waals surface area contributed by atoms with Gasteiger partial charge in [0, 0.05) is 25.2 Å². The summed E-state index contributed by atoms with van der Waals surface area (Å²) in [5, 5.41) is 3.71. The van der Waals surface area contributed by atoms with E-state index in [9.17, 15) is 0 Å². The minimum absolute atomic E-state index is 0.721. The molecule has 0 radical (unpaired) electrons. The van der Waals surface area contributed by atoms with Crippen molar-refractivity contribution in [3.63, 3.8) is 0 Å². The van der Waals surface area contributed by atoms with Gasteiger partial charge in [-0.05, 0) is 38.6 Å². The molecule has 1 fully saturated rings. The minimum atomic E-state index is 0.721. The Labute approximate surface area is 108 Å². The Morgan fingerprint density at radius 1 is 1.29 bits per heavy atom. The lowest BCUT2D eigenvalue weighted by atomic mass is 10.0. The van der Waals surface area contributed by atoms with Gasteiger partial charge in [-0.3, -0.25) is 4.90 Å². The van der Waals surface area contributed by atoms with E-state index in [1.54, 1.807) is 0 Å². The van der Waals surface area contributed by atoms with Crippen molar-refractivity contribution < 1.29 is 0 Å². The molecule has 3 atom stereocenters. The number of nitrogens with zero attached hydrogens (tertiary/aromatic N) is 1. The normalized spacial score (nSPS) is 28.9. The lowest BCUT2D eigenvalue weighted by molar-refractivity contribution is 0.172. The van der Waals surface area contributed by atoms with Gasteiger partial charge in [0.2, 0.25) is 0 Å². The van der Waals surface area contributed by atoms with Crippen LogP contribution in [0.1, 0.15) is 59.8 Å². The van der Waals surface area contributed by atoms with E-state index in [0.29, 0.717) is 0 Å². The molecule has 1 saturated heterocycles. The molecule has 0 aliphatic carbocycles. The molecule has 0 aromatic rings. The van der Waals surface area contributed by atoms with Gasteiger partial charge in [0.05, 0.1) is 0 Å². The molecule has 1 N–H and O–H groups in total. The molecule has 0 aromatic heterocycles. The van der Waals surface area contributed by atoms with Gasteiger partial charge < -0.3 is 5.32 Å². The van der Waals surface area contributed by atoms with E-state index in [2.05, 4.69) is 37.9 Å². The first-order valence-electron chi connectivity index (χ1n) is 7.64. The highest BCUT2D eigenvalue weighted by Crippen LogP contribution is 2.16. The third-order valence-corrected chi connectivity index (χ3v) is 4.04. The first-order chi connectivity index (χ1) is 8.17. The Morgan fingerprint density at radius 2 is 2.06 bits per heavy atom. The molecule has 102 valence electrons. The molecule has 17 heavy (non-hydrogen) atoms. The summed E-state index contributed by atoms with van der Waals surface area (Å²) in [5.74, 6) is 0.850. The van der Waals surface area contributed by atoms with Crippen molar-refractivity contribution in [1.29, 1.82) is 0 Å². The van der Waals surface area contributed by atoms with Gasteiger partial charge in [0.25, 0.3) is 0 Å². The Bertz CT molecular complexity index is 193. The summed E-state index contributed by atoms with van der Waals surface area (Å²) in [6.45, 7) is 13.1. The number of rotatable bonds is 6. The Morgan fingerprint density at radius 3 is 2.71 bits per heavy atom. The van der Waals surface area contributed by atoms with Crippen molar-refractivity contribution >= 4 is 0 Å². The van der Waals surface area contributed by atoms with Gasteiger partial charge in [-0.1, -0.05) is 33.6 Å². The Kier molecular flexibility index (Phi) is 7.14. The maximum Gasteiger partial charge on any atom is 0.0195 e. The predicted molar refractivity (Wildman–Crippen MR) is 76.4 cm³/mol. The summed E-state index contributed by atoms with van der Waals surface area (Å²) in [6, 6.07) is 1.47. The molecule has 1 aliphatic heterocycles. The quantitative estimate of drug-likeness (QED) is 0.766. The fourth-order valence-electron chi connectivity index (χ4n) is 2.99. The van der Waals surface area contributed by atoms with E-state index in [4.69, 9.17) is 0 Å². The van der Waals surface area contributed by atoms with Crippen molar-refractivity contribution in [3.8, 4) is 0 Å². The van der Waals surface area contributed by atoms with Gasteiger partial charge in [0.15, 0.2) is 0 Å². The Hall–Kier alpha value is -0.0800. The molecule has 0 saturated carbocycles. The van der Waals surface area contributed by atoms with Gasteiger partial charge >= 0.3 is 0 Å². The maximum absolute atomic E-state index is 3.71. The monoisotopic (exact) mass is 240 g/mol. The molecule has 0 amide bonds. The van der Waals surface area contributed by atoms with Crippen LogP contribution in [0.2, 0.25) is 0 Å². The molecule has 1 aliphatic rings. The van der Waals surface area contributed by atoms with E-state index in [0.717, 1.165) is 18.0 Å². The minimum Gasteiger partial charge on any atom is -0.313 e. The van der Waals surface area contributed by atoms with Crippen LogP contribution >= 0.6 is 0 Å². The second-order valence-electron chi connectivity index (χ2n) is 5.93. The molecule has 0 bridgehead atoms. The largest absolute Gasteiger partial charge is 0.313 e. The first kappa shape index (κ1) is 15.0. The number of nitrogens with one attached hydrogen (secondary N) is 1. The maximum atomic E-state index is 3.71. The van der Waals surface area contributed by atoms with E-state index < -0.39 is 0 Å². The van der Waals surface area contributed by atoms with Crippen LogP contribution in [0, 0.1) is 5.92 Å². The van der Waals surface area contributed by atoms with Crippen LogP contribution < -0.4 is 5.32 Å². The highest BCUT2D eigenvalue weighted by atomic mass is 15.2. The molecule has 2 nitrogen and oxygen atoms in total. The summed E-state index contributed by atoms with van der Waals surface area (Å²) in [7, 11) is 0. The molecule has 2 heteroatoms. The Balaban J connectivity index is 2.46. The molecule has 0 spiro atoms. The SMILES string of the molecule is CCCC(C)CN1CC(CCC)NCCC1C. The van der Waals surface area contributed by atoms with Crippen molar-refractivity contribution in [2.45, 2.75) is 71.9 Å². The average Bonchev–Trinajstić information content (AvgIpc) is 2.43. The van der Waals surface area contributed by atoms with Crippen LogP contribution in [0.15, 0.2) is 0 Å². The summed E-state index contributed by atoms with van der Waals surface area (Å²) >= 11 is 0. The smallest absolute Gasteiger partial charge is 0.0195 e. The zero-order chi connectivity index (χ0) is 12.7. The number of hydrogen-bond donors (Lipinski definition) is 1. The zero-order valence-electron chi connectivity index (χ0n) is 12.3. The fourth-order valence-corrected chi connectivity index (χ4v) is 2.99. The number of hydrogen-bond acceptors (Lipinski definition) is 2. The van der Waals surface area contributed by atoms with Crippen molar-refractivity contribution in [3.05, 3.63) is 0 Å².